The molecule has 0 fully saturated rings. The number of anilines is 1. The maximum absolute atomic E-state index is 5.79. The van der Waals surface area contributed by atoms with Gasteiger partial charge in [-0.25, -0.2) is 4.98 Å². The lowest BCUT2D eigenvalue weighted by Gasteiger charge is -2.09. The second-order valence-corrected chi connectivity index (χ2v) is 3.56. The van der Waals surface area contributed by atoms with Gasteiger partial charge in [0.2, 0.25) is 0 Å². The van der Waals surface area contributed by atoms with Gasteiger partial charge in [0, 0.05) is 18.3 Å². The van der Waals surface area contributed by atoms with Gasteiger partial charge in [-0.05, 0) is 19.1 Å². The lowest BCUT2D eigenvalue weighted by atomic mass is 10.2. The Bertz CT molecular complexity index is 492. The molecule has 1 heterocycles. The van der Waals surface area contributed by atoms with Crippen LogP contribution in [0.4, 0.5) is 5.69 Å². The molecule has 0 aliphatic heterocycles. The maximum Gasteiger partial charge on any atom is 0.164 e. The van der Waals surface area contributed by atoms with Crippen molar-refractivity contribution in [3.05, 3.63) is 35.9 Å². The number of aryl methyl sites for hydroxylation is 1. The molecule has 0 saturated carbocycles. The lowest BCUT2D eigenvalue weighted by molar-refractivity contribution is 0.288. The average molecular weight is 218 g/mol. The molecule has 1 aromatic heterocycles. The van der Waals surface area contributed by atoms with Crippen LogP contribution in [-0.2, 0) is 13.7 Å². The first kappa shape index (κ1) is 10.5. The van der Waals surface area contributed by atoms with Crippen molar-refractivity contribution in [3.8, 4) is 5.75 Å². The summed E-state index contributed by atoms with van der Waals surface area (Å²) in [6.45, 7) is 2.32. The van der Waals surface area contributed by atoms with Gasteiger partial charge in [-0.2, -0.15) is 5.10 Å². The molecule has 0 atom stereocenters. The van der Waals surface area contributed by atoms with E-state index in [0.717, 1.165) is 22.8 Å². The molecule has 2 aromatic rings. The molecule has 0 radical (unpaired) electrons. The second-order valence-electron chi connectivity index (χ2n) is 3.56. The fourth-order valence-corrected chi connectivity index (χ4v) is 1.38. The monoisotopic (exact) mass is 218 g/mol. The third-order valence-corrected chi connectivity index (χ3v) is 2.49. The van der Waals surface area contributed by atoms with Gasteiger partial charge in [-0.3, -0.25) is 4.68 Å². The highest BCUT2D eigenvalue weighted by atomic mass is 16.5. The van der Waals surface area contributed by atoms with E-state index < -0.39 is 0 Å². The van der Waals surface area contributed by atoms with E-state index in [2.05, 4.69) is 10.1 Å². The normalized spacial score (nSPS) is 10.4. The zero-order valence-electron chi connectivity index (χ0n) is 9.34. The number of nitrogens with zero attached hydrogens (tertiary/aromatic N) is 3. The Balaban J connectivity index is 2.11. The van der Waals surface area contributed by atoms with Gasteiger partial charge in [-0.15, -0.1) is 0 Å². The Morgan fingerprint density at radius 3 is 2.94 bits per heavy atom. The predicted molar refractivity (Wildman–Crippen MR) is 60.9 cm³/mol. The van der Waals surface area contributed by atoms with Crippen LogP contribution in [0.2, 0.25) is 0 Å². The van der Waals surface area contributed by atoms with Crippen molar-refractivity contribution >= 4 is 5.69 Å². The van der Waals surface area contributed by atoms with E-state index in [1.165, 1.54) is 6.33 Å². The summed E-state index contributed by atoms with van der Waals surface area (Å²) in [7, 11) is 1.83. The summed E-state index contributed by atoms with van der Waals surface area (Å²) in [5.74, 6) is 1.56. The number of nitrogens with two attached hydrogens (primary N) is 1. The highest BCUT2D eigenvalue weighted by Crippen LogP contribution is 2.23. The fraction of sp³-hybridized carbons (Fsp3) is 0.273. The van der Waals surface area contributed by atoms with Crippen LogP contribution in [0.15, 0.2) is 24.5 Å². The molecular weight excluding hydrogens is 204 g/mol. The molecule has 16 heavy (non-hydrogen) atoms. The molecule has 0 spiro atoms. The van der Waals surface area contributed by atoms with Gasteiger partial charge in [-0.1, -0.05) is 6.07 Å². The Morgan fingerprint density at radius 1 is 1.44 bits per heavy atom. The number of benzene rings is 1. The molecule has 1 aromatic carbocycles. The fourth-order valence-electron chi connectivity index (χ4n) is 1.38. The topological polar surface area (TPSA) is 66.0 Å². The van der Waals surface area contributed by atoms with Crippen LogP contribution in [0.1, 0.15) is 11.4 Å². The quantitative estimate of drug-likeness (QED) is 0.788. The molecule has 0 amide bonds. The molecule has 2 rings (SSSR count). The standard InChI is InChI=1S/C11H14N4O/c1-8-9(12)4-3-5-10(8)16-6-11-13-7-14-15(11)2/h3-5,7H,6,12H2,1-2H3. The summed E-state index contributed by atoms with van der Waals surface area (Å²) in [6.07, 6.45) is 1.50. The van der Waals surface area contributed by atoms with Gasteiger partial charge in [0.15, 0.2) is 5.82 Å². The Kier molecular flexibility index (Phi) is 2.76. The molecule has 2 N–H and O–H groups in total. The summed E-state index contributed by atoms with van der Waals surface area (Å²) in [4.78, 5) is 4.08. The Labute approximate surface area is 93.9 Å². The zero-order valence-corrected chi connectivity index (χ0v) is 9.34. The van der Waals surface area contributed by atoms with Crippen LogP contribution in [-0.4, -0.2) is 14.8 Å². The van der Waals surface area contributed by atoms with Crippen LogP contribution >= 0.6 is 0 Å². The predicted octanol–water partition coefficient (Wildman–Crippen LogP) is 1.28. The lowest BCUT2D eigenvalue weighted by Crippen LogP contribution is -2.05. The van der Waals surface area contributed by atoms with E-state index in [1.54, 1.807) is 4.68 Å². The van der Waals surface area contributed by atoms with Gasteiger partial charge in [0.25, 0.3) is 0 Å². The number of hydrogen-bond acceptors (Lipinski definition) is 4. The molecule has 5 nitrogen and oxygen atoms in total. The van der Waals surface area contributed by atoms with E-state index in [-0.39, 0.29) is 0 Å². The molecule has 0 aliphatic carbocycles. The largest absolute Gasteiger partial charge is 0.485 e. The molecule has 84 valence electrons. The van der Waals surface area contributed by atoms with Crippen LogP contribution in [0.3, 0.4) is 0 Å². The minimum absolute atomic E-state index is 0.390. The van der Waals surface area contributed by atoms with Crippen LogP contribution in [0.25, 0.3) is 0 Å². The van der Waals surface area contributed by atoms with Crippen molar-refractivity contribution in [2.45, 2.75) is 13.5 Å². The maximum atomic E-state index is 5.79. The van der Waals surface area contributed by atoms with Crippen molar-refractivity contribution in [1.29, 1.82) is 0 Å². The number of nitrogen functional groups attached to an aromatic ring is 1. The smallest absolute Gasteiger partial charge is 0.164 e. The van der Waals surface area contributed by atoms with Gasteiger partial charge >= 0.3 is 0 Å². The third-order valence-electron chi connectivity index (χ3n) is 2.49. The van der Waals surface area contributed by atoms with Gasteiger partial charge < -0.3 is 10.5 Å². The third kappa shape index (κ3) is 1.98. The summed E-state index contributed by atoms with van der Waals surface area (Å²) in [5, 5.41) is 3.97. The molecule has 0 unspecified atom stereocenters. The van der Waals surface area contributed by atoms with E-state index in [4.69, 9.17) is 10.5 Å². The Hall–Kier alpha value is -2.04. The highest BCUT2D eigenvalue weighted by Gasteiger charge is 2.05. The van der Waals surface area contributed by atoms with Crippen molar-refractivity contribution in [3.63, 3.8) is 0 Å². The molecule has 5 heteroatoms. The number of hydrogen-bond donors (Lipinski definition) is 1. The van der Waals surface area contributed by atoms with E-state index in [9.17, 15) is 0 Å². The van der Waals surface area contributed by atoms with Crippen molar-refractivity contribution < 1.29 is 4.74 Å². The van der Waals surface area contributed by atoms with E-state index in [1.807, 2.05) is 32.2 Å². The molecule has 0 aliphatic rings. The first-order chi connectivity index (χ1) is 7.68. The minimum atomic E-state index is 0.390. The summed E-state index contributed by atoms with van der Waals surface area (Å²) in [5.41, 5.74) is 7.47. The van der Waals surface area contributed by atoms with E-state index in [0.29, 0.717) is 6.61 Å². The van der Waals surface area contributed by atoms with Gasteiger partial charge in [0.05, 0.1) is 0 Å². The van der Waals surface area contributed by atoms with E-state index >= 15 is 0 Å². The minimum Gasteiger partial charge on any atom is -0.485 e. The van der Waals surface area contributed by atoms with Crippen molar-refractivity contribution in [1.82, 2.24) is 14.8 Å². The SMILES string of the molecule is Cc1c(N)cccc1OCc1ncnn1C. The number of ether oxygens (including phenoxy) is 1. The first-order valence-corrected chi connectivity index (χ1v) is 4.99. The number of aromatic nitrogens is 3. The summed E-state index contributed by atoms with van der Waals surface area (Å²) in [6, 6.07) is 5.61. The average Bonchev–Trinajstić information content (AvgIpc) is 2.67. The Morgan fingerprint density at radius 2 is 2.25 bits per heavy atom. The zero-order chi connectivity index (χ0) is 11.5. The van der Waals surface area contributed by atoms with Gasteiger partial charge in [0.1, 0.15) is 18.7 Å². The second kappa shape index (κ2) is 4.22. The van der Waals surface area contributed by atoms with Crippen LogP contribution < -0.4 is 10.5 Å². The first-order valence-electron chi connectivity index (χ1n) is 4.99. The molecular formula is C11H14N4O. The highest BCUT2D eigenvalue weighted by molar-refractivity contribution is 5.53. The molecule has 0 bridgehead atoms. The number of rotatable bonds is 3. The summed E-state index contributed by atoms with van der Waals surface area (Å²) < 4.78 is 7.32. The summed E-state index contributed by atoms with van der Waals surface area (Å²) >= 11 is 0. The van der Waals surface area contributed by atoms with Crippen molar-refractivity contribution in [2.75, 3.05) is 5.73 Å². The van der Waals surface area contributed by atoms with Crippen LogP contribution in [0.5, 0.6) is 5.75 Å². The van der Waals surface area contributed by atoms with Crippen LogP contribution in [0, 0.1) is 6.92 Å². The molecule has 0 saturated heterocycles. The van der Waals surface area contributed by atoms with Crippen molar-refractivity contribution in [2.24, 2.45) is 7.05 Å².